The summed E-state index contributed by atoms with van der Waals surface area (Å²) >= 11 is 0. The lowest BCUT2D eigenvalue weighted by Crippen LogP contribution is -2.11. The molecule has 1 saturated carbocycles. The van der Waals surface area contributed by atoms with Crippen molar-refractivity contribution in [3.05, 3.63) is 47.8 Å². The molecule has 1 N–H and O–H groups in total. The Morgan fingerprint density at radius 2 is 2.09 bits per heavy atom. The number of pyridine rings is 1. The van der Waals surface area contributed by atoms with Crippen LogP contribution in [0, 0.1) is 17.2 Å². The van der Waals surface area contributed by atoms with Gasteiger partial charge >= 0.3 is 6.61 Å². The van der Waals surface area contributed by atoms with Gasteiger partial charge in [-0.3, -0.25) is 9.20 Å². The number of aliphatic hydroxyl groups excluding tert-OH is 1. The molecule has 1 aliphatic carbocycles. The Morgan fingerprint density at radius 1 is 1.34 bits per heavy atom. The van der Waals surface area contributed by atoms with Crippen LogP contribution < -0.4 is 9.47 Å². The molecule has 2 aromatic heterocycles. The van der Waals surface area contributed by atoms with Gasteiger partial charge in [-0.2, -0.15) is 14.0 Å². The number of alkyl halides is 2. The number of aliphatic hydroxyl groups is 1. The third-order valence-electron chi connectivity index (χ3n) is 5.45. The first kappa shape index (κ1) is 21.7. The molecule has 1 aromatic carbocycles. The monoisotopic (exact) mass is 441 g/mol. The molecule has 0 aliphatic heterocycles. The summed E-state index contributed by atoms with van der Waals surface area (Å²) in [6, 6.07) is 8.20. The summed E-state index contributed by atoms with van der Waals surface area (Å²) in [5.74, 6) is -0.104. The molecule has 1 unspecified atom stereocenters. The number of methoxy groups -OCH3 is 1. The second-order valence-electron chi connectivity index (χ2n) is 7.71. The van der Waals surface area contributed by atoms with E-state index < -0.39 is 12.7 Å². The average Bonchev–Trinajstić information content (AvgIpc) is 3.47. The van der Waals surface area contributed by atoms with E-state index in [-0.39, 0.29) is 41.6 Å². The molecule has 9 heteroatoms. The van der Waals surface area contributed by atoms with E-state index in [4.69, 9.17) is 14.7 Å². The van der Waals surface area contributed by atoms with Gasteiger partial charge in [-0.05, 0) is 48.6 Å². The van der Waals surface area contributed by atoms with Crippen molar-refractivity contribution in [1.82, 2.24) is 9.38 Å². The Bertz CT molecular complexity index is 1200. The fourth-order valence-electron chi connectivity index (χ4n) is 3.67. The highest BCUT2D eigenvalue weighted by Gasteiger charge is 2.29. The number of imidazole rings is 1. The predicted molar refractivity (Wildman–Crippen MR) is 111 cm³/mol. The van der Waals surface area contributed by atoms with Crippen LogP contribution in [0.1, 0.15) is 47.7 Å². The molecule has 4 rings (SSSR count). The maximum atomic E-state index is 13.1. The van der Waals surface area contributed by atoms with Crippen LogP contribution in [0.5, 0.6) is 11.5 Å². The Balaban J connectivity index is 1.78. The number of halogens is 2. The van der Waals surface area contributed by atoms with Crippen LogP contribution in [-0.2, 0) is 0 Å². The highest BCUT2D eigenvalue weighted by atomic mass is 19.3. The first-order valence-electron chi connectivity index (χ1n) is 10.1. The van der Waals surface area contributed by atoms with Gasteiger partial charge < -0.3 is 14.6 Å². The molecule has 0 saturated heterocycles. The predicted octanol–water partition coefficient (Wildman–Crippen LogP) is 4.54. The standard InChI is InChI=1S/C23H21F2N3O4/c1-31-19-9-15(10-20(32-23(24)25)22(19)18(30)8-13-2-3-13)16-12-27-21-11-14(5-7-28(16)21)17(29)4-6-26/h5,7,9-13,17,23,29H,2-4,8H2,1H3. The molecule has 2 heterocycles. The molecule has 3 aromatic rings. The fraction of sp³-hybridized carbons (Fsp3) is 0.348. The SMILES string of the molecule is COc1cc(-c2cnc3cc(C(O)CC#N)ccn23)cc(OC(F)F)c1C(=O)CC1CC1. The number of benzene rings is 1. The number of nitrogens with zero attached hydrogens (tertiary/aromatic N) is 3. The summed E-state index contributed by atoms with van der Waals surface area (Å²) in [5, 5.41) is 18.8. The minimum atomic E-state index is -3.10. The summed E-state index contributed by atoms with van der Waals surface area (Å²) < 4.78 is 38.1. The number of fused-ring (bicyclic) bond motifs is 1. The van der Waals surface area contributed by atoms with Crippen LogP contribution >= 0.6 is 0 Å². The second-order valence-corrected chi connectivity index (χ2v) is 7.71. The van der Waals surface area contributed by atoms with E-state index in [9.17, 15) is 18.7 Å². The van der Waals surface area contributed by atoms with Crippen molar-refractivity contribution in [3.63, 3.8) is 0 Å². The molecule has 0 amide bonds. The van der Waals surface area contributed by atoms with Crippen molar-refractivity contribution in [2.45, 2.75) is 38.4 Å². The van der Waals surface area contributed by atoms with E-state index in [0.29, 0.717) is 22.5 Å². The van der Waals surface area contributed by atoms with Crippen LogP contribution in [0.25, 0.3) is 16.9 Å². The normalized spacial score (nSPS) is 14.4. The van der Waals surface area contributed by atoms with Gasteiger partial charge in [0, 0.05) is 18.2 Å². The number of hydrogen-bond acceptors (Lipinski definition) is 6. The summed E-state index contributed by atoms with van der Waals surface area (Å²) in [5.41, 5.74) is 2.08. The maximum absolute atomic E-state index is 13.1. The summed E-state index contributed by atoms with van der Waals surface area (Å²) in [7, 11) is 1.37. The maximum Gasteiger partial charge on any atom is 0.387 e. The molecule has 1 aliphatic rings. The fourth-order valence-corrected chi connectivity index (χ4v) is 3.67. The molecule has 1 atom stereocenters. The van der Waals surface area contributed by atoms with E-state index in [1.165, 1.54) is 13.2 Å². The molecule has 0 spiro atoms. The lowest BCUT2D eigenvalue weighted by atomic mass is 10.00. The molecule has 32 heavy (non-hydrogen) atoms. The molecule has 166 valence electrons. The first-order chi connectivity index (χ1) is 15.4. The molecule has 0 bridgehead atoms. The lowest BCUT2D eigenvalue weighted by Gasteiger charge is -2.16. The molecular weight excluding hydrogens is 420 g/mol. The van der Waals surface area contributed by atoms with Crippen molar-refractivity contribution in [2.75, 3.05) is 7.11 Å². The van der Waals surface area contributed by atoms with Gasteiger partial charge in [0.05, 0.1) is 37.6 Å². The van der Waals surface area contributed by atoms with Crippen molar-refractivity contribution < 1.29 is 28.2 Å². The average molecular weight is 441 g/mol. The number of ether oxygens (including phenoxy) is 2. The van der Waals surface area contributed by atoms with E-state index in [1.54, 1.807) is 35.0 Å². The van der Waals surface area contributed by atoms with Crippen LogP contribution in [0.2, 0.25) is 0 Å². The zero-order valence-corrected chi connectivity index (χ0v) is 17.3. The number of ketones is 1. The Morgan fingerprint density at radius 3 is 2.75 bits per heavy atom. The zero-order valence-electron chi connectivity index (χ0n) is 17.3. The summed E-state index contributed by atoms with van der Waals surface area (Å²) in [6.45, 7) is -3.10. The Labute approximate surface area is 182 Å². The Kier molecular flexibility index (Phi) is 6.06. The Hall–Kier alpha value is -3.51. The third kappa shape index (κ3) is 4.41. The van der Waals surface area contributed by atoms with Gasteiger partial charge in [-0.15, -0.1) is 0 Å². The largest absolute Gasteiger partial charge is 0.496 e. The highest BCUT2D eigenvalue weighted by Crippen LogP contribution is 2.40. The number of carbonyl (C=O) groups excluding carboxylic acids is 1. The van der Waals surface area contributed by atoms with Gasteiger partial charge in [0.2, 0.25) is 0 Å². The van der Waals surface area contributed by atoms with E-state index >= 15 is 0 Å². The molecule has 7 nitrogen and oxygen atoms in total. The smallest absolute Gasteiger partial charge is 0.387 e. The van der Waals surface area contributed by atoms with Crippen molar-refractivity contribution >= 4 is 11.4 Å². The molecular formula is C23H21F2N3O4. The minimum Gasteiger partial charge on any atom is -0.496 e. The number of nitriles is 1. The van der Waals surface area contributed by atoms with Gasteiger partial charge in [-0.25, -0.2) is 4.98 Å². The minimum absolute atomic E-state index is 0.0131. The molecule has 0 radical (unpaired) electrons. The van der Waals surface area contributed by atoms with Crippen LogP contribution in [0.3, 0.4) is 0 Å². The quantitative estimate of drug-likeness (QED) is 0.490. The second kappa shape index (κ2) is 8.93. The van der Waals surface area contributed by atoms with Gasteiger partial charge in [0.25, 0.3) is 0 Å². The molecule has 1 fully saturated rings. The number of carbonyl (C=O) groups is 1. The lowest BCUT2D eigenvalue weighted by molar-refractivity contribution is -0.0502. The first-order valence-corrected chi connectivity index (χ1v) is 10.1. The third-order valence-corrected chi connectivity index (χ3v) is 5.45. The van der Waals surface area contributed by atoms with Crippen molar-refractivity contribution in [3.8, 4) is 28.8 Å². The van der Waals surface area contributed by atoms with Gasteiger partial charge in [-0.1, -0.05) is 0 Å². The van der Waals surface area contributed by atoms with E-state index in [0.717, 1.165) is 12.8 Å². The van der Waals surface area contributed by atoms with Crippen LogP contribution in [0.15, 0.2) is 36.7 Å². The zero-order chi connectivity index (χ0) is 22.8. The highest BCUT2D eigenvalue weighted by molar-refractivity contribution is 6.02. The van der Waals surface area contributed by atoms with Crippen LogP contribution in [-0.4, -0.2) is 34.0 Å². The topological polar surface area (TPSA) is 96.8 Å². The van der Waals surface area contributed by atoms with Crippen molar-refractivity contribution in [1.29, 1.82) is 5.26 Å². The van der Waals surface area contributed by atoms with Gasteiger partial charge in [0.15, 0.2) is 5.78 Å². The van der Waals surface area contributed by atoms with Gasteiger partial charge in [0.1, 0.15) is 22.7 Å². The van der Waals surface area contributed by atoms with E-state index in [2.05, 4.69) is 4.98 Å². The van der Waals surface area contributed by atoms with E-state index in [1.807, 2.05) is 6.07 Å². The number of hydrogen-bond donors (Lipinski definition) is 1. The number of aromatic nitrogens is 2. The number of Topliss-reactive ketones (excluding diaryl/α,β-unsaturated/α-hetero) is 1. The summed E-state index contributed by atoms with van der Waals surface area (Å²) in [4.78, 5) is 17.1. The summed E-state index contributed by atoms with van der Waals surface area (Å²) in [6.07, 6.45) is 4.38. The van der Waals surface area contributed by atoms with Crippen molar-refractivity contribution in [2.24, 2.45) is 5.92 Å². The number of rotatable bonds is 9. The van der Waals surface area contributed by atoms with Crippen LogP contribution in [0.4, 0.5) is 8.78 Å².